The molecule has 3 heterocycles. The van der Waals surface area contributed by atoms with Crippen LogP contribution in [0.25, 0.3) is 11.4 Å². The first-order valence-corrected chi connectivity index (χ1v) is 14.6. The number of amides is 1. The highest BCUT2D eigenvalue weighted by Gasteiger charge is 2.35. The van der Waals surface area contributed by atoms with Crippen molar-refractivity contribution in [1.29, 1.82) is 0 Å². The Balaban J connectivity index is 1.27. The fourth-order valence-corrected chi connectivity index (χ4v) is 5.96. The van der Waals surface area contributed by atoms with Gasteiger partial charge >= 0.3 is 0 Å². The molecule has 4 aromatic rings. The van der Waals surface area contributed by atoms with Gasteiger partial charge in [0.1, 0.15) is 5.75 Å². The third kappa shape index (κ3) is 6.53. The summed E-state index contributed by atoms with van der Waals surface area (Å²) in [6.07, 6.45) is 4.37. The molecule has 0 spiro atoms. The minimum absolute atomic E-state index is 0.0717. The Morgan fingerprint density at radius 3 is 2.52 bits per heavy atom. The van der Waals surface area contributed by atoms with Crippen LogP contribution in [0.1, 0.15) is 41.8 Å². The van der Waals surface area contributed by atoms with Crippen LogP contribution in [0.5, 0.6) is 5.75 Å². The summed E-state index contributed by atoms with van der Waals surface area (Å²) >= 11 is 7.74. The monoisotopic (exact) mass is 576 g/mol. The molecule has 2 aromatic heterocycles. The molecule has 0 radical (unpaired) electrons. The summed E-state index contributed by atoms with van der Waals surface area (Å²) in [7, 11) is 2.08. The molecule has 1 N–H and O–H groups in total. The number of carbonyl (C=O) groups excluding carboxylic acids is 1. The molecule has 0 bridgehead atoms. The molecule has 1 aliphatic heterocycles. The maximum absolute atomic E-state index is 13.1. The lowest BCUT2D eigenvalue weighted by Crippen LogP contribution is -2.46. The van der Waals surface area contributed by atoms with Gasteiger partial charge < -0.3 is 14.7 Å². The van der Waals surface area contributed by atoms with Gasteiger partial charge in [0.15, 0.2) is 12.4 Å². The zero-order valence-corrected chi connectivity index (χ0v) is 24.2. The van der Waals surface area contributed by atoms with Crippen molar-refractivity contribution in [2.24, 2.45) is 0 Å². The molecule has 1 atom stereocenters. The third-order valence-corrected chi connectivity index (χ3v) is 8.89. The Morgan fingerprint density at radius 2 is 1.85 bits per heavy atom. The number of benzene rings is 2. The highest BCUT2D eigenvalue weighted by atomic mass is 35.5. The van der Waals surface area contributed by atoms with E-state index in [-0.39, 0.29) is 18.6 Å². The zero-order valence-electron chi connectivity index (χ0n) is 22.7. The molecule has 1 amide bonds. The second-order valence-electron chi connectivity index (χ2n) is 10.2. The van der Waals surface area contributed by atoms with Crippen molar-refractivity contribution in [3.8, 4) is 17.1 Å². The Hall–Kier alpha value is -3.30. The number of aliphatic hydroxyl groups is 1. The van der Waals surface area contributed by atoms with Crippen LogP contribution in [-0.4, -0.2) is 57.5 Å². The van der Waals surface area contributed by atoms with Gasteiger partial charge in [-0.2, -0.15) is 0 Å². The average Bonchev–Trinajstić information content (AvgIpc) is 3.52. The minimum Gasteiger partial charge on any atom is -0.483 e. The summed E-state index contributed by atoms with van der Waals surface area (Å²) < 4.78 is 6.13. The van der Waals surface area contributed by atoms with E-state index in [9.17, 15) is 9.90 Å². The first-order chi connectivity index (χ1) is 19.3. The third-order valence-electron chi connectivity index (χ3n) is 7.60. The Labute approximate surface area is 244 Å². The predicted octanol–water partition coefficient (Wildman–Crippen LogP) is 5.94. The van der Waals surface area contributed by atoms with E-state index in [4.69, 9.17) is 16.3 Å². The van der Waals surface area contributed by atoms with E-state index < -0.39 is 5.60 Å². The molecule has 40 heavy (non-hydrogen) atoms. The zero-order chi connectivity index (χ0) is 28.1. The quantitative estimate of drug-likeness (QED) is 0.266. The maximum atomic E-state index is 13.1. The predicted molar refractivity (Wildman–Crippen MR) is 158 cm³/mol. The van der Waals surface area contributed by atoms with Gasteiger partial charge in [-0.25, -0.2) is 9.97 Å². The number of hydrogen-bond donors (Lipinski definition) is 1. The number of likely N-dealkylation sites (tertiary alicyclic amines) is 1. The summed E-state index contributed by atoms with van der Waals surface area (Å²) in [4.78, 5) is 27.2. The smallest absolute Gasteiger partial charge is 0.260 e. The largest absolute Gasteiger partial charge is 0.483 e. The molecule has 5 rings (SSSR count). The van der Waals surface area contributed by atoms with Crippen LogP contribution >= 0.6 is 22.9 Å². The molecule has 0 unspecified atom stereocenters. The molecule has 1 saturated heterocycles. The van der Waals surface area contributed by atoms with Crippen molar-refractivity contribution in [3.63, 3.8) is 0 Å². The Morgan fingerprint density at radius 1 is 1.12 bits per heavy atom. The second-order valence-corrected chi connectivity index (χ2v) is 11.6. The van der Waals surface area contributed by atoms with Gasteiger partial charge in [0.2, 0.25) is 0 Å². The van der Waals surface area contributed by atoms with Crippen molar-refractivity contribution in [3.05, 3.63) is 99.5 Å². The summed E-state index contributed by atoms with van der Waals surface area (Å²) in [5.74, 6) is 1.20. The first kappa shape index (κ1) is 28.2. The number of rotatable bonds is 9. The summed E-state index contributed by atoms with van der Waals surface area (Å²) in [6, 6.07) is 19.4. The molecule has 9 heteroatoms. The van der Waals surface area contributed by atoms with E-state index in [1.54, 1.807) is 46.8 Å². The normalized spacial score (nSPS) is 15.7. The molecule has 1 aliphatic rings. The summed E-state index contributed by atoms with van der Waals surface area (Å²) in [5.41, 5.74) is 1.71. The van der Waals surface area contributed by atoms with Gasteiger partial charge in [0, 0.05) is 59.1 Å². The van der Waals surface area contributed by atoms with Crippen molar-refractivity contribution in [2.45, 2.75) is 38.0 Å². The lowest BCUT2D eigenvalue weighted by molar-refractivity contribution is -0.137. The Bertz CT molecular complexity index is 1410. The van der Waals surface area contributed by atoms with Crippen LogP contribution in [-0.2, 0) is 16.9 Å². The van der Waals surface area contributed by atoms with Crippen LogP contribution in [0.3, 0.4) is 0 Å². The number of piperidine rings is 1. The molecule has 208 valence electrons. The first-order valence-electron chi connectivity index (χ1n) is 13.4. The van der Waals surface area contributed by atoms with E-state index in [2.05, 4.69) is 46.4 Å². The molecule has 7 nitrogen and oxygen atoms in total. The number of ether oxygens (including phenoxy) is 1. The van der Waals surface area contributed by atoms with Crippen LogP contribution in [0, 0.1) is 0 Å². The van der Waals surface area contributed by atoms with Crippen LogP contribution in [0.4, 0.5) is 0 Å². The maximum Gasteiger partial charge on any atom is 0.260 e. The number of carbonyl (C=O) groups is 1. The SMILES string of the molecule is C[C@@H](c1cccs1)N(C)Cc1cc(-c2ncccn2)ccc1OCC(=O)N1CCC(O)(c2ccc(Cl)cc2)CC1. The number of nitrogens with zero attached hydrogens (tertiary/aromatic N) is 4. The van der Waals surface area contributed by atoms with Crippen LogP contribution in [0.15, 0.2) is 78.4 Å². The van der Waals surface area contributed by atoms with Gasteiger partial charge in [-0.05, 0) is 80.2 Å². The van der Waals surface area contributed by atoms with E-state index in [0.29, 0.717) is 49.1 Å². The second kappa shape index (κ2) is 12.5. The van der Waals surface area contributed by atoms with E-state index in [0.717, 1.165) is 16.7 Å². The number of aromatic nitrogens is 2. The standard InChI is InChI=1S/C31H33ClN4O3S/c1-22(28-5-3-18-40-28)35(2)20-24-19-23(30-33-14-4-15-34-30)6-11-27(24)39-21-29(37)36-16-12-31(38,13-17-36)25-7-9-26(32)10-8-25/h3-11,14-15,18-19,22,38H,12-13,16-17,20-21H2,1-2H3/t22-/m0/s1. The highest BCUT2D eigenvalue weighted by molar-refractivity contribution is 7.10. The molecule has 0 saturated carbocycles. The molecular weight excluding hydrogens is 544 g/mol. The Kier molecular flexibility index (Phi) is 8.81. The van der Waals surface area contributed by atoms with Crippen molar-refractivity contribution in [2.75, 3.05) is 26.7 Å². The van der Waals surface area contributed by atoms with Gasteiger partial charge in [0.25, 0.3) is 5.91 Å². The van der Waals surface area contributed by atoms with E-state index in [1.165, 1.54) is 4.88 Å². The van der Waals surface area contributed by atoms with E-state index >= 15 is 0 Å². The van der Waals surface area contributed by atoms with Crippen molar-refractivity contribution < 1.29 is 14.6 Å². The lowest BCUT2D eigenvalue weighted by Gasteiger charge is -2.38. The average molecular weight is 577 g/mol. The number of hydrogen-bond acceptors (Lipinski definition) is 7. The van der Waals surface area contributed by atoms with Gasteiger partial charge in [0.05, 0.1) is 5.60 Å². The lowest BCUT2D eigenvalue weighted by atomic mass is 9.84. The topological polar surface area (TPSA) is 78.8 Å². The molecular formula is C31H33ClN4O3S. The van der Waals surface area contributed by atoms with Gasteiger partial charge in [-0.15, -0.1) is 11.3 Å². The van der Waals surface area contributed by atoms with Crippen molar-refractivity contribution >= 4 is 28.8 Å². The number of thiophene rings is 1. The van der Waals surface area contributed by atoms with Crippen LogP contribution < -0.4 is 4.74 Å². The van der Waals surface area contributed by atoms with Crippen LogP contribution in [0.2, 0.25) is 5.02 Å². The highest BCUT2D eigenvalue weighted by Crippen LogP contribution is 2.34. The summed E-state index contributed by atoms with van der Waals surface area (Å²) in [6.45, 7) is 3.65. The van der Waals surface area contributed by atoms with E-state index in [1.807, 2.05) is 30.3 Å². The summed E-state index contributed by atoms with van der Waals surface area (Å²) in [5, 5.41) is 13.9. The molecule has 1 fully saturated rings. The van der Waals surface area contributed by atoms with Gasteiger partial charge in [-0.1, -0.05) is 29.8 Å². The van der Waals surface area contributed by atoms with Gasteiger partial charge in [-0.3, -0.25) is 9.69 Å². The molecule has 2 aromatic carbocycles. The molecule has 0 aliphatic carbocycles. The number of halogens is 1. The van der Waals surface area contributed by atoms with Crippen molar-refractivity contribution in [1.82, 2.24) is 19.8 Å². The fourth-order valence-electron chi connectivity index (χ4n) is 4.99. The fraction of sp³-hybridized carbons (Fsp3) is 0.323. The minimum atomic E-state index is -0.964.